The fourth-order valence-electron chi connectivity index (χ4n) is 1.93. The van der Waals surface area contributed by atoms with Crippen LogP contribution >= 0.6 is 0 Å². The second kappa shape index (κ2) is 6.00. The standard InChI is InChI=1S/C14H13N3O4/c1-9-5-6-15-13(12(9)14(18)19)16-8-10-3-2-4-11(7-10)17(20)21/h2-7H,8H2,1H3,(H,15,16)(H,18,19). The first-order valence-electron chi connectivity index (χ1n) is 6.15. The molecule has 1 aromatic heterocycles. The number of nitro benzene ring substituents is 1. The maximum Gasteiger partial charge on any atom is 0.339 e. The molecule has 0 atom stereocenters. The van der Waals surface area contributed by atoms with Gasteiger partial charge in [-0.2, -0.15) is 0 Å². The summed E-state index contributed by atoms with van der Waals surface area (Å²) in [7, 11) is 0. The van der Waals surface area contributed by atoms with Crippen molar-refractivity contribution in [2.75, 3.05) is 5.32 Å². The molecule has 2 N–H and O–H groups in total. The number of carboxylic acids is 1. The van der Waals surface area contributed by atoms with Crippen LogP contribution in [0.25, 0.3) is 0 Å². The molecule has 0 fully saturated rings. The first-order valence-corrected chi connectivity index (χ1v) is 6.15. The summed E-state index contributed by atoms with van der Waals surface area (Å²) in [5.74, 6) is -0.823. The normalized spacial score (nSPS) is 10.1. The number of rotatable bonds is 5. The predicted molar refractivity (Wildman–Crippen MR) is 76.4 cm³/mol. The Bertz CT molecular complexity index is 700. The summed E-state index contributed by atoms with van der Waals surface area (Å²) in [6.07, 6.45) is 1.51. The zero-order valence-corrected chi connectivity index (χ0v) is 11.2. The van der Waals surface area contributed by atoms with Crippen molar-refractivity contribution in [1.29, 1.82) is 0 Å². The van der Waals surface area contributed by atoms with E-state index in [-0.39, 0.29) is 23.6 Å². The minimum Gasteiger partial charge on any atom is -0.478 e. The smallest absolute Gasteiger partial charge is 0.339 e. The van der Waals surface area contributed by atoms with Crippen LogP contribution in [0.3, 0.4) is 0 Å². The number of nitrogens with zero attached hydrogens (tertiary/aromatic N) is 2. The molecule has 108 valence electrons. The Morgan fingerprint density at radius 2 is 2.19 bits per heavy atom. The summed E-state index contributed by atoms with van der Waals surface area (Å²) in [6, 6.07) is 7.75. The van der Waals surface area contributed by atoms with Gasteiger partial charge in [-0.15, -0.1) is 0 Å². The van der Waals surface area contributed by atoms with Crippen LogP contribution < -0.4 is 5.32 Å². The first kappa shape index (κ1) is 14.4. The van der Waals surface area contributed by atoms with Gasteiger partial charge in [0, 0.05) is 24.9 Å². The highest BCUT2D eigenvalue weighted by Crippen LogP contribution is 2.19. The molecule has 0 aliphatic carbocycles. The molecule has 0 saturated heterocycles. The number of aromatic carboxylic acids is 1. The number of hydrogen-bond donors (Lipinski definition) is 2. The van der Waals surface area contributed by atoms with Crippen molar-refractivity contribution in [1.82, 2.24) is 4.98 Å². The summed E-state index contributed by atoms with van der Waals surface area (Å²) in [5, 5.41) is 22.8. The SMILES string of the molecule is Cc1ccnc(NCc2cccc([N+](=O)[O-])c2)c1C(=O)O. The Morgan fingerprint density at radius 1 is 1.43 bits per heavy atom. The minimum atomic E-state index is -1.07. The molecule has 0 bridgehead atoms. The van der Waals surface area contributed by atoms with E-state index in [1.807, 2.05) is 0 Å². The van der Waals surface area contributed by atoms with E-state index in [9.17, 15) is 20.0 Å². The average molecular weight is 287 g/mol. The molecule has 0 radical (unpaired) electrons. The molecule has 1 heterocycles. The number of carbonyl (C=O) groups is 1. The summed E-state index contributed by atoms with van der Waals surface area (Å²) in [5.41, 5.74) is 1.36. The Labute approximate surface area is 120 Å². The van der Waals surface area contributed by atoms with Crippen LogP contribution in [0, 0.1) is 17.0 Å². The summed E-state index contributed by atoms with van der Waals surface area (Å²) in [4.78, 5) is 25.5. The van der Waals surface area contributed by atoms with Crippen LogP contribution in [0.5, 0.6) is 0 Å². The highest BCUT2D eigenvalue weighted by atomic mass is 16.6. The lowest BCUT2D eigenvalue weighted by Gasteiger charge is -2.10. The summed E-state index contributed by atoms with van der Waals surface area (Å²) < 4.78 is 0. The van der Waals surface area contributed by atoms with Crippen molar-refractivity contribution in [3.8, 4) is 0 Å². The van der Waals surface area contributed by atoms with Crippen molar-refractivity contribution < 1.29 is 14.8 Å². The highest BCUT2D eigenvalue weighted by Gasteiger charge is 2.14. The third kappa shape index (κ3) is 3.33. The molecule has 2 aromatic rings. The lowest BCUT2D eigenvalue weighted by Crippen LogP contribution is -2.10. The average Bonchev–Trinajstić information content (AvgIpc) is 2.45. The second-order valence-corrected chi connectivity index (χ2v) is 4.44. The molecular weight excluding hydrogens is 274 g/mol. The van der Waals surface area contributed by atoms with Crippen molar-refractivity contribution in [3.05, 3.63) is 63.3 Å². The van der Waals surface area contributed by atoms with Crippen molar-refractivity contribution in [2.45, 2.75) is 13.5 Å². The monoisotopic (exact) mass is 287 g/mol. The van der Waals surface area contributed by atoms with E-state index in [2.05, 4.69) is 10.3 Å². The minimum absolute atomic E-state index is 0.00930. The third-order valence-corrected chi connectivity index (χ3v) is 2.95. The number of benzene rings is 1. The van der Waals surface area contributed by atoms with Gasteiger partial charge in [-0.25, -0.2) is 9.78 Å². The van der Waals surface area contributed by atoms with E-state index in [1.165, 1.54) is 18.3 Å². The molecule has 21 heavy (non-hydrogen) atoms. The van der Waals surface area contributed by atoms with Gasteiger partial charge in [-0.1, -0.05) is 12.1 Å². The topological polar surface area (TPSA) is 105 Å². The van der Waals surface area contributed by atoms with Gasteiger partial charge < -0.3 is 10.4 Å². The van der Waals surface area contributed by atoms with Crippen molar-refractivity contribution in [3.63, 3.8) is 0 Å². The molecule has 0 unspecified atom stereocenters. The van der Waals surface area contributed by atoms with Crippen LogP contribution in [0.2, 0.25) is 0 Å². The van der Waals surface area contributed by atoms with Crippen LogP contribution in [-0.4, -0.2) is 21.0 Å². The number of nitrogens with one attached hydrogen (secondary N) is 1. The number of pyridine rings is 1. The van der Waals surface area contributed by atoms with Crippen molar-refractivity contribution in [2.24, 2.45) is 0 Å². The highest BCUT2D eigenvalue weighted by molar-refractivity contribution is 5.94. The van der Waals surface area contributed by atoms with Crippen LogP contribution in [-0.2, 0) is 6.54 Å². The Balaban J connectivity index is 2.21. The molecule has 7 nitrogen and oxygen atoms in total. The van der Waals surface area contributed by atoms with Gasteiger partial charge in [0.15, 0.2) is 0 Å². The zero-order chi connectivity index (χ0) is 15.4. The predicted octanol–water partition coefficient (Wildman–Crippen LogP) is 2.61. The quantitative estimate of drug-likeness (QED) is 0.646. The number of non-ortho nitro benzene ring substituents is 1. The van der Waals surface area contributed by atoms with Gasteiger partial charge in [-0.05, 0) is 24.1 Å². The van der Waals surface area contributed by atoms with Gasteiger partial charge in [-0.3, -0.25) is 10.1 Å². The number of carboxylic acid groups (broad SMARTS) is 1. The zero-order valence-electron chi connectivity index (χ0n) is 11.2. The second-order valence-electron chi connectivity index (χ2n) is 4.44. The summed E-state index contributed by atoms with van der Waals surface area (Å²) >= 11 is 0. The third-order valence-electron chi connectivity index (χ3n) is 2.95. The van der Waals surface area contributed by atoms with Crippen LogP contribution in [0.4, 0.5) is 11.5 Å². The summed E-state index contributed by atoms with van der Waals surface area (Å²) in [6.45, 7) is 1.93. The fourth-order valence-corrected chi connectivity index (χ4v) is 1.93. The molecule has 0 aliphatic rings. The molecule has 1 aromatic carbocycles. The van der Waals surface area contributed by atoms with E-state index < -0.39 is 10.9 Å². The molecule has 0 spiro atoms. The van der Waals surface area contributed by atoms with E-state index in [0.717, 1.165) is 0 Å². The van der Waals surface area contributed by atoms with E-state index in [0.29, 0.717) is 11.1 Å². The van der Waals surface area contributed by atoms with E-state index in [1.54, 1.807) is 25.1 Å². The van der Waals surface area contributed by atoms with Gasteiger partial charge in [0.2, 0.25) is 0 Å². The number of anilines is 1. The number of aromatic nitrogens is 1. The number of nitro groups is 1. The molecule has 0 saturated carbocycles. The van der Waals surface area contributed by atoms with Gasteiger partial charge in [0.1, 0.15) is 11.4 Å². The molecule has 0 aliphatic heterocycles. The van der Waals surface area contributed by atoms with E-state index in [4.69, 9.17) is 0 Å². The molecule has 0 amide bonds. The molecule has 2 rings (SSSR count). The number of hydrogen-bond acceptors (Lipinski definition) is 5. The van der Waals surface area contributed by atoms with Gasteiger partial charge in [0.25, 0.3) is 5.69 Å². The maximum absolute atomic E-state index is 11.2. The van der Waals surface area contributed by atoms with Crippen molar-refractivity contribution >= 4 is 17.5 Å². The largest absolute Gasteiger partial charge is 0.478 e. The lowest BCUT2D eigenvalue weighted by atomic mass is 10.1. The van der Waals surface area contributed by atoms with Gasteiger partial charge in [0.05, 0.1) is 4.92 Å². The lowest BCUT2D eigenvalue weighted by molar-refractivity contribution is -0.384. The Hall–Kier alpha value is -2.96. The maximum atomic E-state index is 11.2. The molecular formula is C14H13N3O4. The van der Waals surface area contributed by atoms with Gasteiger partial charge >= 0.3 is 5.97 Å². The van der Waals surface area contributed by atoms with Crippen LogP contribution in [0.15, 0.2) is 36.5 Å². The molecule has 7 heteroatoms. The first-order chi connectivity index (χ1) is 9.99. The van der Waals surface area contributed by atoms with Crippen LogP contribution in [0.1, 0.15) is 21.5 Å². The Kier molecular flexibility index (Phi) is 4.13. The van der Waals surface area contributed by atoms with E-state index >= 15 is 0 Å². The Morgan fingerprint density at radius 3 is 2.86 bits per heavy atom. The number of aryl methyl sites for hydroxylation is 1. The fraction of sp³-hybridized carbons (Fsp3) is 0.143.